The van der Waals surface area contributed by atoms with Gasteiger partial charge in [0, 0.05) is 59.9 Å². The van der Waals surface area contributed by atoms with E-state index in [0.717, 1.165) is 68.3 Å². The van der Waals surface area contributed by atoms with Crippen molar-refractivity contribution in [2.75, 3.05) is 0 Å². The third-order valence-electron chi connectivity index (χ3n) is 14.7. The van der Waals surface area contributed by atoms with Gasteiger partial charge < -0.3 is 9.13 Å². The van der Waals surface area contributed by atoms with Crippen LogP contribution in [0, 0.1) is 0 Å². The van der Waals surface area contributed by atoms with E-state index in [4.69, 9.17) is 9.97 Å². The van der Waals surface area contributed by atoms with Crippen LogP contribution in [0.15, 0.2) is 237 Å². The predicted molar refractivity (Wildman–Crippen MR) is 291 cm³/mol. The maximum atomic E-state index is 5.43. The van der Waals surface area contributed by atoms with E-state index in [0.29, 0.717) is 0 Å². The summed E-state index contributed by atoms with van der Waals surface area (Å²) in [6, 6.07) is 78.7. The van der Waals surface area contributed by atoms with Crippen molar-refractivity contribution in [1.29, 1.82) is 0 Å². The van der Waals surface area contributed by atoms with Crippen LogP contribution in [0.25, 0.3) is 121 Å². The molecule has 1 atom stereocenters. The molecule has 0 bridgehead atoms. The van der Waals surface area contributed by atoms with Crippen molar-refractivity contribution in [3.05, 3.63) is 242 Å². The molecule has 0 amide bonds. The molecule has 70 heavy (non-hydrogen) atoms. The van der Waals surface area contributed by atoms with E-state index >= 15 is 0 Å². The van der Waals surface area contributed by atoms with Crippen molar-refractivity contribution in [2.24, 2.45) is 0 Å². The molecule has 8 aromatic carbocycles. The van der Waals surface area contributed by atoms with Gasteiger partial charge in [-0.2, -0.15) is 0 Å². The molecule has 0 spiro atoms. The van der Waals surface area contributed by atoms with Crippen molar-refractivity contribution in [3.63, 3.8) is 0 Å². The first-order valence-corrected chi connectivity index (χ1v) is 24.1. The van der Waals surface area contributed by atoms with Gasteiger partial charge in [0.05, 0.1) is 56.0 Å². The first-order chi connectivity index (χ1) is 34.7. The van der Waals surface area contributed by atoms with Crippen molar-refractivity contribution < 1.29 is 0 Å². The van der Waals surface area contributed by atoms with Gasteiger partial charge in [0.2, 0.25) is 0 Å². The average molecular weight is 895 g/mol. The van der Waals surface area contributed by atoms with Gasteiger partial charge >= 0.3 is 0 Å². The van der Waals surface area contributed by atoms with Gasteiger partial charge in [0.1, 0.15) is 11.6 Å². The van der Waals surface area contributed by atoms with Gasteiger partial charge in [0.25, 0.3) is 0 Å². The van der Waals surface area contributed by atoms with Crippen molar-refractivity contribution >= 4 is 92.8 Å². The topological polar surface area (TPSA) is 45.5 Å². The number of rotatable bonds is 6. The van der Waals surface area contributed by atoms with Crippen LogP contribution < -0.4 is 0 Å². The number of hydrogen-bond acceptors (Lipinski definition) is 2. The molecule has 0 aliphatic heterocycles. The molecule has 0 saturated heterocycles. The minimum absolute atomic E-state index is 0.0253. The number of benzene rings is 8. The van der Waals surface area contributed by atoms with Gasteiger partial charge in [-0.1, -0.05) is 164 Å². The Kier molecular flexibility index (Phi) is 8.38. The van der Waals surface area contributed by atoms with Crippen molar-refractivity contribution in [1.82, 2.24) is 28.2 Å². The molecule has 0 N–H and O–H groups in total. The molecule has 328 valence electrons. The molecule has 6 aromatic heterocycles. The van der Waals surface area contributed by atoms with Gasteiger partial charge in [-0.05, 0) is 84.8 Å². The Morgan fingerprint density at radius 2 is 0.800 bits per heavy atom. The summed E-state index contributed by atoms with van der Waals surface area (Å²) in [4.78, 5) is 10.8. The minimum Gasteiger partial charge on any atom is -0.331 e. The summed E-state index contributed by atoms with van der Waals surface area (Å²) in [5.74, 6) is 1.81. The summed E-state index contributed by atoms with van der Waals surface area (Å²) in [6.45, 7) is 0. The lowest BCUT2D eigenvalue weighted by Crippen LogP contribution is -2.11. The Bertz CT molecular complexity index is 4430. The minimum atomic E-state index is 0.0253. The van der Waals surface area contributed by atoms with E-state index in [2.05, 4.69) is 255 Å². The van der Waals surface area contributed by atoms with Crippen LogP contribution in [0.4, 0.5) is 0 Å². The lowest BCUT2D eigenvalue weighted by molar-refractivity contribution is 0.656. The summed E-state index contributed by atoms with van der Waals surface area (Å²) in [5.41, 5.74) is 14.6. The Balaban J connectivity index is 0.885. The van der Waals surface area contributed by atoms with Crippen LogP contribution >= 0.6 is 0 Å². The zero-order valence-electron chi connectivity index (χ0n) is 38.0. The zero-order valence-corrected chi connectivity index (χ0v) is 38.0. The molecular formula is C64H42N6. The molecule has 6 heterocycles. The molecule has 6 nitrogen and oxygen atoms in total. The third-order valence-corrected chi connectivity index (χ3v) is 14.7. The molecule has 14 aromatic rings. The van der Waals surface area contributed by atoms with E-state index < -0.39 is 0 Å². The maximum Gasteiger partial charge on any atom is 0.138 e. The summed E-state index contributed by atoms with van der Waals surface area (Å²) in [5, 5.41) is 9.83. The fourth-order valence-electron chi connectivity index (χ4n) is 11.8. The van der Waals surface area contributed by atoms with Crippen LogP contribution in [0.3, 0.4) is 0 Å². The first kappa shape index (κ1) is 38.8. The van der Waals surface area contributed by atoms with Gasteiger partial charge in [-0.15, -0.1) is 0 Å². The van der Waals surface area contributed by atoms with E-state index in [-0.39, 0.29) is 6.04 Å². The monoisotopic (exact) mass is 894 g/mol. The van der Waals surface area contributed by atoms with Gasteiger partial charge in [-0.25, -0.2) is 9.97 Å². The number of allylic oxidation sites excluding steroid dienone is 4. The number of pyridine rings is 2. The SMILES string of the molecule is C1=CC(n2c3ccccc3c3ccc4c5ccccc5n(-c5cccc(-c6cccc(-n7c8ccccc8c8ccccc87)n6)c5)c4c32)CC(c2cccc(-n3c4ccccc4c4ccccc43)n2)=C1. The highest BCUT2D eigenvalue weighted by atomic mass is 15.1. The summed E-state index contributed by atoms with van der Waals surface area (Å²) in [6.07, 6.45) is 7.64. The molecular weight excluding hydrogens is 853 g/mol. The molecule has 1 aliphatic carbocycles. The van der Waals surface area contributed by atoms with Gasteiger partial charge in [-0.3, -0.25) is 9.13 Å². The smallest absolute Gasteiger partial charge is 0.138 e. The molecule has 6 heteroatoms. The van der Waals surface area contributed by atoms with E-state index in [1.54, 1.807) is 0 Å². The second kappa shape index (κ2) is 15.1. The summed E-state index contributed by atoms with van der Waals surface area (Å²) >= 11 is 0. The van der Waals surface area contributed by atoms with Crippen molar-refractivity contribution in [3.8, 4) is 28.6 Å². The number of hydrogen-bond donors (Lipinski definition) is 0. The fourth-order valence-corrected chi connectivity index (χ4v) is 11.8. The quantitative estimate of drug-likeness (QED) is 0.167. The normalized spacial score (nSPS) is 14.1. The Labute approximate surface area is 402 Å². The molecule has 0 radical (unpaired) electrons. The lowest BCUT2D eigenvalue weighted by Gasteiger charge is -2.23. The molecule has 15 rings (SSSR count). The molecule has 0 fully saturated rings. The van der Waals surface area contributed by atoms with E-state index in [1.807, 2.05) is 0 Å². The number of fused-ring (bicyclic) bond motifs is 13. The number of para-hydroxylation sites is 6. The predicted octanol–water partition coefficient (Wildman–Crippen LogP) is 16.1. The fraction of sp³-hybridized carbons (Fsp3) is 0.0312. The summed E-state index contributed by atoms with van der Waals surface area (Å²) in [7, 11) is 0. The number of nitrogens with zero attached hydrogens (tertiary/aromatic N) is 6. The Morgan fingerprint density at radius 3 is 1.37 bits per heavy atom. The van der Waals surface area contributed by atoms with E-state index in [1.165, 1.54) is 65.2 Å². The van der Waals surface area contributed by atoms with Crippen LogP contribution in [0.2, 0.25) is 0 Å². The average Bonchev–Trinajstić information content (AvgIpc) is 4.16. The standard InChI is InChI=1S/C64H42N6/c1-9-31-57-45(21-1)46-22-2-10-32-58(46)69(57)61-35-15-27-53(65-61)41-17-13-19-43(39-41)67-55-29-7-5-25-49(55)51-37-38-52-50-26-6-8-30-56(50)68(64(52)63(51)67)44-20-14-18-42(40-44)54-28-16-36-62(66-54)70-59-33-11-3-23-47(59)48-24-4-12-34-60(48)70/h1-39,44H,40H2. The zero-order chi connectivity index (χ0) is 45.9. The first-order valence-electron chi connectivity index (χ1n) is 24.1. The molecule has 1 aliphatic rings. The van der Waals surface area contributed by atoms with Gasteiger partial charge in [0.15, 0.2) is 0 Å². The third kappa shape index (κ3) is 5.68. The maximum absolute atomic E-state index is 5.43. The van der Waals surface area contributed by atoms with Crippen LogP contribution in [-0.4, -0.2) is 28.2 Å². The second-order valence-corrected chi connectivity index (χ2v) is 18.5. The second-order valence-electron chi connectivity index (χ2n) is 18.5. The lowest BCUT2D eigenvalue weighted by atomic mass is 9.97. The van der Waals surface area contributed by atoms with Crippen LogP contribution in [0.5, 0.6) is 0 Å². The largest absolute Gasteiger partial charge is 0.331 e. The van der Waals surface area contributed by atoms with Crippen LogP contribution in [0.1, 0.15) is 18.2 Å². The molecule has 0 saturated carbocycles. The Morgan fingerprint density at radius 1 is 0.357 bits per heavy atom. The highest BCUT2D eigenvalue weighted by molar-refractivity contribution is 6.23. The van der Waals surface area contributed by atoms with Crippen molar-refractivity contribution in [2.45, 2.75) is 12.5 Å². The number of aromatic nitrogens is 6. The summed E-state index contributed by atoms with van der Waals surface area (Å²) < 4.78 is 9.69. The highest BCUT2D eigenvalue weighted by Crippen LogP contribution is 2.44. The Hall–Kier alpha value is -9.26. The van der Waals surface area contributed by atoms with Crippen LogP contribution in [-0.2, 0) is 0 Å². The molecule has 1 unspecified atom stereocenters. The van der Waals surface area contributed by atoms with E-state index in [9.17, 15) is 0 Å². The highest BCUT2D eigenvalue weighted by Gasteiger charge is 2.26.